The van der Waals surface area contributed by atoms with E-state index < -0.39 is 43.9 Å². The molecule has 2 amide bonds. The maximum atomic E-state index is 13.6. The average molecular weight is 653 g/mol. The number of carbonyl (C=O) groups excluding carboxylic acids is 3. The Morgan fingerprint density at radius 3 is 2.20 bits per heavy atom. The molecule has 1 aliphatic carbocycles. The minimum absolute atomic E-state index is 0.0469. The van der Waals surface area contributed by atoms with Gasteiger partial charge in [0.2, 0.25) is 6.79 Å². The van der Waals surface area contributed by atoms with Gasteiger partial charge in [-0.2, -0.15) is 0 Å². The number of hydrogen-bond acceptors (Lipinski definition) is 11. The Balaban J connectivity index is 1.48. The van der Waals surface area contributed by atoms with Crippen LogP contribution in [0.3, 0.4) is 0 Å². The van der Waals surface area contributed by atoms with Gasteiger partial charge >= 0.3 is 5.97 Å². The molecular formula is C33H40N2O10Si. The first-order chi connectivity index (χ1) is 21.8. The summed E-state index contributed by atoms with van der Waals surface area (Å²) in [5.41, 5.74) is 2.38. The second-order valence-corrected chi connectivity index (χ2v) is 18.2. The SMILES string of the molecule is COc1cc([C@@H]2c3cc4c(cc3[C@@H](NC3=CC(=O)N(CCO)C3=O)[C@H]3COC(=O)[C@H]23)OCO4)cc(OC)c1O[Si](C)(C)C(C)(C)C. The lowest BCUT2D eigenvalue weighted by Crippen LogP contribution is -2.44. The number of imide groups is 1. The number of nitrogens with zero attached hydrogens (tertiary/aromatic N) is 1. The smallest absolute Gasteiger partial charge is 0.310 e. The minimum Gasteiger partial charge on any atom is -0.539 e. The molecular weight excluding hydrogens is 612 g/mol. The first kappa shape index (κ1) is 31.7. The van der Waals surface area contributed by atoms with Crippen molar-refractivity contribution >= 4 is 26.1 Å². The molecule has 46 heavy (non-hydrogen) atoms. The topological polar surface area (TPSA) is 142 Å². The molecule has 1 saturated heterocycles. The van der Waals surface area contributed by atoms with Crippen molar-refractivity contribution in [3.05, 3.63) is 52.7 Å². The lowest BCUT2D eigenvalue weighted by Gasteiger charge is -2.40. The van der Waals surface area contributed by atoms with Crippen LogP contribution in [0.2, 0.25) is 18.1 Å². The number of amides is 2. The minimum atomic E-state index is -2.29. The summed E-state index contributed by atoms with van der Waals surface area (Å²) < 4.78 is 35.6. The van der Waals surface area contributed by atoms with Crippen LogP contribution in [0.15, 0.2) is 36.0 Å². The summed E-state index contributed by atoms with van der Waals surface area (Å²) in [5, 5.41) is 12.6. The third kappa shape index (κ3) is 5.15. The number of rotatable bonds is 9. The quantitative estimate of drug-likeness (QED) is 0.233. The van der Waals surface area contributed by atoms with Crippen molar-refractivity contribution in [1.82, 2.24) is 10.2 Å². The Morgan fingerprint density at radius 2 is 1.61 bits per heavy atom. The number of aliphatic hydroxyl groups is 1. The second kappa shape index (κ2) is 11.5. The lowest BCUT2D eigenvalue weighted by atomic mass is 9.65. The number of nitrogens with one attached hydrogen (secondary N) is 1. The highest BCUT2D eigenvalue weighted by Crippen LogP contribution is 2.56. The van der Waals surface area contributed by atoms with Gasteiger partial charge in [-0.05, 0) is 59.1 Å². The zero-order valence-corrected chi connectivity index (χ0v) is 28.1. The molecule has 0 saturated carbocycles. The van der Waals surface area contributed by atoms with E-state index in [9.17, 15) is 19.5 Å². The van der Waals surface area contributed by atoms with Crippen molar-refractivity contribution in [3.63, 3.8) is 0 Å². The lowest BCUT2D eigenvalue weighted by molar-refractivity contribution is -0.141. The largest absolute Gasteiger partial charge is 0.539 e. The summed E-state index contributed by atoms with van der Waals surface area (Å²) in [6.45, 7) is 10.4. The van der Waals surface area contributed by atoms with Gasteiger partial charge in [-0.25, -0.2) is 0 Å². The number of fused-ring (bicyclic) bond motifs is 3. The van der Waals surface area contributed by atoms with Crippen molar-refractivity contribution in [2.75, 3.05) is 40.8 Å². The van der Waals surface area contributed by atoms with Crippen molar-refractivity contribution < 1.29 is 47.6 Å². The van der Waals surface area contributed by atoms with Gasteiger partial charge in [0.15, 0.2) is 28.7 Å². The molecule has 1 fully saturated rings. The van der Waals surface area contributed by atoms with E-state index in [-0.39, 0.29) is 43.3 Å². The van der Waals surface area contributed by atoms with E-state index in [0.29, 0.717) is 28.7 Å². The first-order valence-electron chi connectivity index (χ1n) is 15.3. The molecule has 4 aliphatic rings. The van der Waals surface area contributed by atoms with E-state index >= 15 is 0 Å². The van der Waals surface area contributed by atoms with Crippen LogP contribution in [0.1, 0.15) is 49.4 Å². The number of carbonyl (C=O) groups is 3. The summed E-state index contributed by atoms with van der Waals surface area (Å²) in [4.78, 5) is 40.3. The molecule has 13 heteroatoms. The second-order valence-electron chi connectivity index (χ2n) is 13.4. The Morgan fingerprint density at radius 1 is 0.978 bits per heavy atom. The van der Waals surface area contributed by atoms with Crippen LogP contribution in [-0.2, 0) is 19.1 Å². The van der Waals surface area contributed by atoms with Crippen LogP contribution in [0.4, 0.5) is 0 Å². The highest BCUT2D eigenvalue weighted by Gasteiger charge is 2.53. The van der Waals surface area contributed by atoms with E-state index in [4.69, 9.17) is 28.1 Å². The molecule has 246 valence electrons. The summed E-state index contributed by atoms with van der Waals surface area (Å²) in [7, 11) is 0.853. The van der Waals surface area contributed by atoms with E-state index in [1.165, 1.54) is 6.08 Å². The van der Waals surface area contributed by atoms with Crippen LogP contribution >= 0.6 is 0 Å². The monoisotopic (exact) mass is 652 g/mol. The zero-order valence-electron chi connectivity index (χ0n) is 27.1. The molecule has 0 unspecified atom stereocenters. The molecule has 2 aromatic carbocycles. The number of benzene rings is 2. The third-order valence-corrected chi connectivity index (χ3v) is 14.2. The van der Waals surface area contributed by atoms with Crippen LogP contribution in [0.5, 0.6) is 28.7 Å². The van der Waals surface area contributed by atoms with Gasteiger partial charge in [0, 0.05) is 17.9 Å². The van der Waals surface area contributed by atoms with Gasteiger partial charge in [-0.15, -0.1) is 0 Å². The van der Waals surface area contributed by atoms with Crippen molar-refractivity contribution in [2.45, 2.75) is 50.9 Å². The van der Waals surface area contributed by atoms with E-state index in [2.05, 4.69) is 39.2 Å². The summed E-state index contributed by atoms with van der Waals surface area (Å²) in [5.74, 6) is -0.487. The van der Waals surface area contributed by atoms with Gasteiger partial charge < -0.3 is 38.5 Å². The fourth-order valence-electron chi connectivity index (χ4n) is 6.43. The van der Waals surface area contributed by atoms with Gasteiger partial charge in [0.25, 0.3) is 20.1 Å². The predicted octanol–water partition coefficient (Wildman–Crippen LogP) is 3.63. The molecule has 0 aromatic heterocycles. The third-order valence-electron chi connectivity index (χ3n) is 9.84. The van der Waals surface area contributed by atoms with Crippen molar-refractivity contribution in [1.29, 1.82) is 0 Å². The fourth-order valence-corrected chi connectivity index (χ4v) is 7.45. The normalized spacial score (nSPS) is 23.5. The van der Waals surface area contributed by atoms with Crippen LogP contribution < -0.4 is 28.7 Å². The molecule has 3 heterocycles. The molecule has 4 atom stereocenters. The van der Waals surface area contributed by atoms with Gasteiger partial charge in [-0.1, -0.05) is 20.8 Å². The van der Waals surface area contributed by atoms with Gasteiger partial charge in [0.05, 0.1) is 45.9 Å². The van der Waals surface area contributed by atoms with Gasteiger partial charge in [0.1, 0.15) is 5.70 Å². The maximum absolute atomic E-state index is 13.6. The van der Waals surface area contributed by atoms with Crippen LogP contribution in [0.25, 0.3) is 0 Å². The molecule has 0 bridgehead atoms. The molecule has 2 N–H and O–H groups in total. The number of methoxy groups -OCH3 is 2. The molecule has 3 aliphatic heterocycles. The van der Waals surface area contributed by atoms with Crippen LogP contribution in [-0.4, -0.2) is 76.9 Å². The van der Waals surface area contributed by atoms with E-state index in [0.717, 1.165) is 21.6 Å². The number of β-amino-alcohol motifs (C(OH)–C–C–N with tert-alkyl or cyclic N) is 1. The number of cyclic esters (lactones) is 1. The van der Waals surface area contributed by atoms with Crippen LogP contribution in [0, 0.1) is 11.8 Å². The Hall–Kier alpha value is -4.23. The van der Waals surface area contributed by atoms with E-state index in [1.807, 2.05) is 24.3 Å². The molecule has 0 spiro atoms. The Labute approximate surface area is 268 Å². The molecule has 2 aromatic rings. The van der Waals surface area contributed by atoms with Crippen molar-refractivity contribution in [2.24, 2.45) is 11.8 Å². The number of ether oxygens (including phenoxy) is 5. The average Bonchev–Trinajstić information content (AvgIpc) is 3.69. The number of aliphatic hydroxyl groups excluding tert-OH is 1. The summed E-state index contributed by atoms with van der Waals surface area (Å²) >= 11 is 0. The maximum Gasteiger partial charge on any atom is 0.310 e. The van der Waals surface area contributed by atoms with Gasteiger partial charge in [-0.3, -0.25) is 19.3 Å². The zero-order chi connectivity index (χ0) is 33.1. The number of hydrogen-bond donors (Lipinski definition) is 2. The van der Waals surface area contributed by atoms with Crippen molar-refractivity contribution in [3.8, 4) is 28.7 Å². The first-order valence-corrected chi connectivity index (χ1v) is 18.2. The predicted molar refractivity (Wildman–Crippen MR) is 167 cm³/mol. The summed E-state index contributed by atoms with van der Waals surface area (Å²) in [6, 6.07) is 6.91. The molecule has 0 radical (unpaired) electrons. The highest BCUT2D eigenvalue weighted by atomic mass is 28.4. The highest BCUT2D eigenvalue weighted by molar-refractivity contribution is 6.74. The Bertz CT molecular complexity index is 1610. The van der Waals surface area contributed by atoms with E-state index in [1.54, 1.807) is 14.2 Å². The molecule has 12 nitrogen and oxygen atoms in total. The summed E-state index contributed by atoms with van der Waals surface area (Å²) in [6.07, 6.45) is 1.22. The Kier molecular flexibility index (Phi) is 7.96. The molecule has 6 rings (SSSR count). The standard InChI is InChI=1S/C33H40N2O10Si/c1-33(2,3)46(6,7)45-30-24(40-4)10-17(11-25(30)41-5)27-18-12-22-23(44-16-43-22)13-19(18)29(20-15-42-32(39)28(20)27)34-21-14-26(37)35(8-9-36)31(21)38/h10-14,20,27-29,34,36H,8-9,15-16H2,1-7H3/t20-,27+,28-,29+/m0/s1. The fraction of sp³-hybridized carbons (Fsp3) is 0.485. The number of esters is 1.